The van der Waals surface area contributed by atoms with Crippen molar-refractivity contribution in [3.63, 3.8) is 0 Å². The Morgan fingerprint density at radius 3 is 2.71 bits per heavy atom. The van der Waals surface area contributed by atoms with Crippen molar-refractivity contribution in [1.82, 2.24) is 10.6 Å². The number of aliphatic hydroxyl groups excluding tert-OH is 1. The van der Waals surface area contributed by atoms with Gasteiger partial charge in [-0.15, -0.1) is 0 Å². The minimum atomic E-state index is -0.657. The molecule has 1 aliphatic heterocycles. The number of benzene rings is 2. The highest BCUT2D eigenvalue weighted by Gasteiger charge is 2.18. The Kier molecular flexibility index (Phi) is 8.55. The highest BCUT2D eigenvalue weighted by atomic mass is 16.5. The number of aryl methyl sites for hydroxylation is 1. The highest BCUT2D eigenvalue weighted by molar-refractivity contribution is 5.79. The lowest BCUT2D eigenvalue weighted by molar-refractivity contribution is 0.140. The van der Waals surface area contributed by atoms with Gasteiger partial charge in [0.1, 0.15) is 17.6 Å². The van der Waals surface area contributed by atoms with Crippen molar-refractivity contribution in [3.05, 3.63) is 59.2 Å². The second kappa shape index (κ2) is 11.6. The van der Waals surface area contributed by atoms with E-state index in [0.717, 1.165) is 47.8 Å². The van der Waals surface area contributed by atoms with E-state index in [4.69, 9.17) is 19.2 Å². The Hall–Kier alpha value is -2.77. The number of rotatable bonds is 9. The van der Waals surface area contributed by atoms with Crippen molar-refractivity contribution in [3.8, 4) is 11.5 Å². The molecule has 3 N–H and O–H groups in total. The van der Waals surface area contributed by atoms with E-state index >= 15 is 0 Å². The summed E-state index contributed by atoms with van der Waals surface area (Å²) >= 11 is 0. The third-order valence-corrected chi connectivity index (χ3v) is 5.12. The molecule has 168 valence electrons. The Bertz CT molecular complexity index is 848. The van der Waals surface area contributed by atoms with Crippen LogP contribution in [0.15, 0.2) is 47.5 Å². The zero-order chi connectivity index (χ0) is 22.1. The van der Waals surface area contributed by atoms with E-state index in [1.54, 1.807) is 7.11 Å². The van der Waals surface area contributed by atoms with E-state index in [1.807, 2.05) is 31.2 Å². The third kappa shape index (κ3) is 6.87. The van der Waals surface area contributed by atoms with Crippen LogP contribution < -0.4 is 20.1 Å². The quantitative estimate of drug-likeness (QED) is 0.422. The molecule has 31 heavy (non-hydrogen) atoms. The molecular weight excluding hydrogens is 394 g/mol. The molecule has 0 aliphatic carbocycles. The molecule has 2 atom stereocenters. The number of nitrogens with zero attached hydrogens (tertiary/aromatic N) is 1. The summed E-state index contributed by atoms with van der Waals surface area (Å²) in [7, 11) is 1.62. The number of aliphatic imine (C=N–C) groups is 1. The normalized spacial score (nSPS) is 17.3. The first-order chi connectivity index (χ1) is 15.1. The first-order valence-corrected chi connectivity index (χ1v) is 10.8. The topological polar surface area (TPSA) is 84.3 Å². The van der Waals surface area contributed by atoms with Crippen LogP contribution in [0.4, 0.5) is 0 Å². The smallest absolute Gasteiger partial charge is 0.191 e. The molecule has 2 aromatic carbocycles. The van der Waals surface area contributed by atoms with Crippen LogP contribution in [-0.4, -0.2) is 50.6 Å². The van der Waals surface area contributed by atoms with Crippen LogP contribution in [0, 0.1) is 6.92 Å². The summed E-state index contributed by atoms with van der Waals surface area (Å²) < 4.78 is 16.8. The molecule has 0 spiro atoms. The van der Waals surface area contributed by atoms with Gasteiger partial charge in [-0.3, -0.25) is 0 Å². The van der Waals surface area contributed by atoms with Crippen LogP contribution >= 0.6 is 0 Å². The van der Waals surface area contributed by atoms with Crippen LogP contribution in [0.2, 0.25) is 0 Å². The van der Waals surface area contributed by atoms with Gasteiger partial charge < -0.3 is 30.0 Å². The molecule has 0 saturated carbocycles. The number of ether oxygens (including phenoxy) is 3. The second-order valence-corrected chi connectivity index (χ2v) is 7.58. The summed E-state index contributed by atoms with van der Waals surface area (Å²) in [6, 6.07) is 13.6. The summed E-state index contributed by atoms with van der Waals surface area (Å²) in [6.07, 6.45) is 0.343. The molecule has 1 saturated heterocycles. The number of hydrogen-bond acceptors (Lipinski definition) is 5. The van der Waals surface area contributed by atoms with E-state index in [0.29, 0.717) is 25.7 Å². The Morgan fingerprint density at radius 2 is 2.03 bits per heavy atom. The van der Waals surface area contributed by atoms with Gasteiger partial charge in [-0.25, -0.2) is 4.99 Å². The maximum atomic E-state index is 10.5. The molecule has 3 rings (SSSR count). The summed E-state index contributed by atoms with van der Waals surface area (Å²) in [6.45, 7) is 6.97. The fourth-order valence-corrected chi connectivity index (χ4v) is 3.33. The minimum Gasteiger partial charge on any atom is -0.497 e. The first-order valence-electron chi connectivity index (χ1n) is 10.8. The number of methoxy groups -OCH3 is 1. The fraction of sp³-hybridized carbons (Fsp3) is 0.458. The van der Waals surface area contributed by atoms with Crippen LogP contribution in [-0.2, 0) is 11.3 Å². The van der Waals surface area contributed by atoms with Gasteiger partial charge in [-0.05, 0) is 43.2 Å². The molecule has 1 heterocycles. The predicted octanol–water partition coefficient (Wildman–Crippen LogP) is 2.96. The molecule has 0 aromatic heterocycles. The van der Waals surface area contributed by atoms with E-state index in [-0.39, 0.29) is 6.10 Å². The van der Waals surface area contributed by atoms with Crippen LogP contribution in [0.1, 0.15) is 36.1 Å². The van der Waals surface area contributed by atoms with E-state index in [2.05, 4.69) is 35.8 Å². The van der Waals surface area contributed by atoms with Gasteiger partial charge in [-0.1, -0.05) is 24.3 Å². The van der Waals surface area contributed by atoms with Crippen LogP contribution in [0.3, 0.4) is 0 Å². The minimum absolute atomic E-state index is 0.0931. The van der Waals surface area contributed by atoms with Gasteiger partial charge in [0.25, 0.3) is 0 Å². The SMILES string of the molecule is CCNC(=NCc1ccc(C)cc1OC1CCOC1)NCC(O)c1ccc(OC)cc1. The van der Waals surface area contributed by atoms with Gasteiger partial charge in [0.05, 0.1) is 33.0 Å². The average Bonchev–Trinajstić information content (AvgIpc) is 3.29. The number of aliphatic hydroxyl groups is 1. The molecule has 2 aromatic rings. The molecule has 7 heteroatoms. The number of nitrogens with one attached hydrogen (secondary N) is 2. The zero-order valence-electron chi connectivity index (χ0n) is 18.6. The molecule has 0 radical (unpaired) electrons. The van der Waals surface area contributed by atoms with Crippen molar-refractivity contribution in [2.45, 2.75) is 39.0 Å². The van der Waals surface area contributed by atoms with Crippen molar-refractivity contribution in [1.29, 1.82) is 0 Å². The molecular formula is C24H33N3O4. The molecule has 7 nitrogen and oxygen atoms in total. The lowest BCUT2D eigenvalue weighted by atomic mass is 10.1. The molecule has 0 amide bonds. The summed E-state index contributed by atoms with van der Waals surface area (Å²) in [5, 5.41) is 16.9. The standard InChI is InChI=1S/C24H33N3O4/c1-4-25-24(27-15-22(28)18-7-9-20(29-3)10-8-18)26-14-19-6-5-17(2)13-23(19)31-21-11-12-30-16-21/h5-10,13,21-22,28H,4,11-12,14-16H2,1-3H3,(H2,25,26,27). The van der Waals surface area contributed by atoms with Crippen molar-refractivity contribution in [2.75, 3.05) is 33.4 Å². The molecule has 2 unspecified atom stereocenters. The highest BCUT2D eigenvalue weighted by Crippen LogP contribution is 2.24. The van der Waals surface area contributed by atoms with Gasteiger partial charge in [0, 0.05) is 25.1 Å². The third-order valence-electron chi connectivity index (χ3n) is 5.12. The van der Waals surface area contributed by atoms with Gasteiger partial charge in [-0.2, -0.15) is 0 Å². The van der Waals surface area contributed by atoms with Crippen molar-refractivity contribution < 1.29 is 19.3 Å². The maximum absolute atomic E-state index is 10.5. The van der Waals surface area contributed by atoms with Gasteiger partial charge >= 0.3 is 0 Å². The Balaban J connectivity index is 1.63. The lowest BCUT2D eigenvalue weighted by Gasteiger charge is -2.17. The van der Waals surface area contributed by atoms with Gasteiger partial charge in [0.2, 0.25) is 0 Å². The second-order valence-electron chi connectivity index (χ2n) is 7.58. The fourth-order valence-electron chi connectivity index (χ4n) is 3.33. The van der Waals surface area contributed by atoms with Crippen molar-refractivity contribution >= 4 is 5.96 Å². The zero-order valence-corrected chi connectivity index (χ0v) is 18.6. The Labute approximate surface area is 184 Å². The summed E-state index contributed by atoms with van der Waals surface area (Å²) in [5.74, 6) is 2.26. The molecule has 1 aliphatic rings. The molecule has 0 bridgehead atoms. The summed E-state index contributed by atoms with van der Waals surface area (Å²) in [4.78, 5) is 4.69. The first kappa shape index (κ1) is 22.9. The lowest BCUT2D eigenvalue weighted by Crippen LogP contribution is -2.39. The summed E-state index contributed by atoms with van der Waals surface area (Å²) in [5.41, 5.74) is 2.98. The van der Waals surface area contributed by atoms with Gasteiger partial charge in [0.15, 0.2) is 5.96 Å². The van der Waals surface area contributed by atoms with Crippen LogP contribution in [0.5, 0.6) is 11.5 Å². The maximum Gasteiger partial charge on any atom is 0.191 e. The van der Waals surface area contributed by atoms with E-state index in [9.17, 15) is 5.11 Å². The number of hydrogen-bond donors (Lipinski definition) is 3. The van der Waals surface area contributed by atoms with E-state index in [1.165, 1.54) is 0 Å². The number of guanidine groups is 1. The average molecular weight is 428 g/mol. The predicted molar refractivity (Wildman–Crippen MR) is 122 cm³/mol. The van der Waals surface area contributed by atoms with E-state index < -0.39 is 6.10 Å². The molecule has 1 fully saturated rings. The largest absolute Gasteiger partial charge is 0.497 e. The van der Waals surface area contributed by atoms with Crippen molar-refractivity contribution in [2.24, 2.45) is 4.99 Å². The Morgan fingerprint density at radius 1 is 1.23 bits per heavy atom. The van der Waals surface area contributed by atoms with Crippen LogP contribution in [0.25, 0.3) is 0 Å². The monoisotopic (exact) mass is 427 g/mol.